The van der Waals surface area contributed by atoms with E-state index in [0.717, 1.165) is 19.4 Å². The molecule has 1 atom stereocenters. The fourth-order valence-corrected chi connectivity index (χ4v) is 2.57. The molecule has 3 N–H and O–H groups in total. The number of primary amides is 1. The molecule has 0 bridgehead atoms. The SMILES string of the molecule is NC(=O)c1cc(-c2cncc(NC[C@@H]3CCCO3)n2)c(Cl)cn1. The molecule has 3 rings (SSSR count). The van der Waals surface area contributed by atoms with Crippen molar-refractivity contribution in [1.82, 2.24) is 15.0 Å². The highest BCUT2D eigenvalue weighted by Crippen LogP contribution is 2.26. The van der Waals surface area contributed by atoms with Gasteiger partial charge in [-0.15, -0.1) is 0 Å². The minimum atomic E-state index is -0.622. The molecule has 2 aromatic rings. The summed E-state index contributed by atoms with van der Waals surface area (Å²) in [7, 11) is 0. The predicted octanol–water partition coefficient (Wildman–Crippen LogP) is 1.88. The van der Waals surface area contributed by atoms with Gasteiger partial charge in [-0.2, -0.15) is 0 Å². The van der Waals surface area contributed by atoms with Gasteiger partial charge in [-0.05, 0) is 18.9 Å². The molecule has 1 aliphatic heterocycles. The molecule has 0 aromatic carbocycles. The Balaban J connectivity index is 1.81. The number of amides is 1. The van der Waals surface area contributed by atoms with E-state index in [4.69, 9.17) is 22.1 Å². The quantitative estimate of drug-likeness (QED) is 0.866. The first-order valence-corrected chi connectivity index (χ1v) is 7.64. The van der Waals surface area contributed by atoms with E-state index in [1.807, 2.05) is 0 Å². The van der Waals surface area contributed by atoms with Gasteiger partial charge >= 0.3 is 0 Å². The van der Waals surface area contributed by atoms with Crippen LogP contribution in [0.5, 0.6) is 0 Å². The van der Waals surface area contributed by atoms with E-state index in [0.29, 0.717) is 28.6 Å². The zero-order valence-electron chi connectivity index (χ0n) is 12.3. The highest BCUT2D eigenvalue weighted by molar-refractivity contribution is 6.33. The number of nitrogens with one attached hydrogen (secondary N) is 1. The fraction of sp³-hybridized carbons (Fsp3) is 0.333. The Labute approximate surface area is 138 Å². The maximum absolute atomic E-state index is 11.3. The summed E-state index contributed by atoms with van der Waals surface area (Å²) in [4.78, 5) is 23.8. The third kappa shape index (κ3) is 3.75. The van der Waals surface area contributed by atoms with E-state index >= 15 is 0 Å². The second-order valence-corrected chi connectivity index (χ2v) is 5.63. The number of carbonyl (C=O) groups excluding carboxylic acids is 1. The second-order valence-electron chi connectivity index (χ2n) is 5.22. The highest BCUT2D eigenvalue weighted by atomic mass is 35.5. The Morgan fingerprint density at radius 1 is 1.43 bits per heavy atom. The molecule has 1 saturated heterocycles. The smallest absolute Gasteiger partial charge is 0.267 e. The van der Waals surface area contributed by atoms with Crippen LogP contribution in [-0.2, 0) is 4.74 Å². The number of nitrogens with zero attached hydrogens (tertiary/aromatic N) is 3. The monoisotopic (exact) mass is 333 g/mol. The van der Waals surface area contributed by atoms with Crippen LogP contribution in [0.1, 0.15) is 23.3 Å². The van der Waals surface area contributed by atoms with Gasteiger partial charge in [0.15, 0.2) is 0 Å². The Hall–Kier alpha value is -2.25. The van der Waals surface area contributed by atoms with Crippen molar-refractivity contribution < 1.29 is 9.53 Å². The molecule has 23 heavy (non-hydrogen) atoms. The van der Waals surface area contributed by atoms with Crippen LogP contribution in [0.4, 0.5) is 5.82 Å². The largest absolute Gasteiger partial charge is 0.376 e. The zero-order chi connectivity index (χ0) is 16.2. The number of hydrogen-bond donors (Lipinski definition) is 2. The Kier molecular flexibility index (Phi) is 4.68. The Bertz CT molecular complexity index is 719. The number of anilines is 1. The average Bonchev–Trinajstić information content (AvgIpc) is 3.07. The summed E-state index contributed by atoms with van der Waals surface area (Å²) in [6.07, 6.45) is 6.90. The predicted molar refractivity (Wildman–Crippen MR) is 86.3 cm³/mol. The third-order valence-electron chi connectivity index (χ3n) is 3.55. The molecule has 3 heterocycles. The van der Waals surface area contributed by atoms with Gasteiger partial charge < -0.3 is 15.8 Å². The number of pyridine rings is 1. The van der Waals surface area contributed by atoms with Crippen LogP contribution in [0.3, 0.4) is 0 Å². The van der Waals surface area contributed by atoms with Crippen LogP contribution in [0, 0.1) is 0 Å². The average molecular weight is 334 g/mol. The summed E-state index contributed by atoms with van der Waals surface area (Å²) >= 11 is 6.15. The lowest BCUT2D eigenvalue weighted by Crippen LogP contribution is -2.19. The number of aromatic nitrogens is 3. The molecule has 0 spiro atoms. The van der Waals surface area contributed by atoms with Gasteiger partial charge in [-0.1, -0.05) is 11.6 Å². The van der Waals surface area contributed by atoms with E-state index in [-0.39, 0.29) is 11.8 Å². The lowest BCUT2D eigenvalue weighted by molar-refractivity contribution is 0.0995. The van der Waals surface area contributed by atoms with Crippen LogP contribution in [-0.4, -0.2) is 40.1 Å². The van der Waals surface area contributed by atoms with Crippen molar-refractivity contribution in [3.8, 4) is 11.3 Å². The molecule has 7 nitrogen and oxygen atoms in total. The van der Waals surface area contributed by atoms with Crippen molar-refractivity contribution in [1.29, 1.82) is 0 Å². The van der Waals surface area contributed by atoms with Crippen molar-refractivity contribution in [2.45, 2.75) is 18.9 Å². The van der Waals surface area contributed by atoms with Gasteiger partial charge in [-0.25, -0.2) is 9.97 Å². The van der Waals surface area contributed by atoms with Gasteiger partial charge in [0.25, 0.3) is 5.91 Å². The van der Waals surface area contributed by atoms with E-state index in [2.05, 4.69) is 20.3 Å². The van der Waals surface area contributed by atoms with E-state index in [9.17, 15) is 4.79 Å². The van der Waals surface area contributed by atoms with Crippen molar-refractivity contribution in [3.63, 3.8) is 0 Å². The summed E-state index contributed by atoms with van der Waals surface area (Å²) < 4.78 is 5.56. The minimum absolute atomic E-state index is 0.129. The second kappa shape index (κ2) is 6.89. The number of hydrogen-bond acceptors (Lipinski definition) is 6. The van der Waals surface area contributed by atoms with Crippen molar-refractivity contribution in [3.05, 3.63) is 35.4 Å². The third-order valence-corrected chi connectivity index (χ3v) is 3.85. The molecule has 1 fully saturated rings. The van der Waals surface area contributed by atoms with Gasteiger partial charge in [0.05, 0.1) is 29.2 Å². The lowest BCUT2D eigenvalue weighted by Gasteiger charge is -2.12. The van der Waals surface area contributed by atoms with E-state index < -0.39 is 5.91 Å². The molecule has 8 heteroatoms. The van der Waals surface area contributed by atoms with Crippen LogP contribution >= 0.6 is 11.6 Å². The van der Waals surface area contributed by atoms with Crippen LogP contribution in [0.25, 0.3) is 11.3 Å². The normalized spacial score (nSPS) is 17.2. The summed E-state index contributed by atoms with van der Waals surface area (Å²) in [5, 5.41) is 3.58. The van der Waals surface area contributed by atoms with Crippen molar-refractivity contribution in [2.75, 3.05) is 18.5 Å². The molecular weight excluding hydrogens is 318 g/mol. The van der Waals surface area contributed by atoms with Gasteiger partial charge in [0.1, 0.15) is 11.5 Å². The molecule has 0 aliphatic carbocycles. The first kappa shape index (κ1) is 15.6. The van der Waals surface area contributed by atoms with Crippen LogP contribution in [0.2, 0.25) is 5.02 Å². The molecule has 0 radical (unpaired) electrons. The first-order chi connectivity index (χ1) is 11.1. The lowest BCUT2D eigenvalue weighted by atomic mass is 10.1. The molecule has 0 unspecified atom stereocenters. The van der Waals surface area contributed by atoms with Gasteiger partial charge in [0.2, 0.25) is 0 Å². The maximum Gasteiger partial charge on any atom is 0.267 e. The highest BCUT2D eigenvalue weighted by Gasteiger charge is 2.16. The van der Waals surface area contributed by atoms with Gasteiger partial charge in [0, 0.05) is 24.9 Å². The number of rotatable bonds is 5. The minimum Gasteiger partial charge on any atom is -0.376 e. The first-order valence-electron chi connectivity index (χ1n) is 7.27. The van der Waals surface area contributed by atoms with E-state index in [1.54, 1.807) is 12.4 Å². The van der Waals surface area contributed by atoms with Crippen molar-refractivity contribution >= 4 is 23.3 Å². The summed E-state index contributed by atoms with van der Waals surface area (Å²) in [6.45, 7) is 1.48. The van der Waals surface area contributed by atoms with Crippen LogP contribution < -0.4 is 11.1 Å². The number of ether oxygens (including phenoxy) is 1. The molecule has 120 valence electrons. The molecule has 2 aromatic heterocycles. The summed E-state index contributed by atoms with van der Waals surface area (Å²) in [5.74, 6) is -0.00459. The molecule has 1 aliphatic rings. The van der Waals surface area contributed by atoms with Gasteiger partial charge in [-0.3, -0.25) is 9.78 Å². The van der Waals surface area contributed by atoms with Crippen LogP contribution in [0.15, 0.2) is 24.7 Å². The Morgan fingerprint density at radius 2 is 2.30 bits per heavy atom. The fourth-order valence-electron chi connectivity index (χ4n) is 2.37. The number of nitrogens with two attached hydrogens (primary N) is 1. The standard InChI is InChI=1S/C15H16ClN5O2/c16-11-6-19-12(15(17)22)4-10(11)13-7-18-8-14(21-13)20-5-9-2-1-3-23-9/h4,6-9H,1-3,5H2,(H2,17,22)(H,20,21)/t9-/m0/s1. The zero-order valence-corrected chi connectivity index (χ0v) is 13.1. The molecule has 0 saturated carbocycles. The topological polar surface area (TPSA) is 103 Å². The summed E-state index contributed by atoms with van der Waals surface area (Å²) in [5.41, 5.74) is 6.48. The number of halogens is 1. The Morgan fingerprint density at radius 3 is 3.04 bits per heavy atom. The molecule has 1 amide bonds. The van der Waals surface area contributed by atoms with E-state index in [1.165, 1.54) is 12.3 Å². The summed E-state index contributed by atoms with van der Waals surface area (Å²) in [6, 6.07) is 1.51. The number of carbonyl (C=O) groups is 1. The van der Waals surface area contributed by atoms with Crippen molar-refractivity contribution in [2.24, 2.45) is 5.73 Å². The maximum atomic E-state index is 11.3. The molecular formula is C15H16ClN5O2.